The summed E-state index contributed by atoms with van der Waals surface area (Å²) in [6, 6.07) is 2.71. The van der Waals surface area contributed by atoms with Crippen LogP contribution in [0.25, 0.3) is 0 Å². The number of benzene rings is 1. The van der Waals surface area contributed by atoms with Gasteiger partial charge in [0.1, 0.15) is 5.82 Å². The maximum Gasteiger partial charge on any atom is 0.132 e. The molecule has 2 nitrogen and oxygen atoms in total. The molecule has 4 heteroatoms. The Kier molecular flexibility index (Phi) is 3.25. The highest BCUT2D eigenvalue weighted by atomic mass is 35.5. The molecule has 0 fully saturated rings. The highest BCUT2D eigenvalue weighted by Gasteiger charge is 2.15. The van der Waals surface area contributed by atoms with Gasteiger partial charge < -0.3 is 11.5 Å². The maximum atomic E-state index is 13.5. The minimum absolute atomic E-state index is 0.181. The molecule has 0 unspecified atom stereocenters. The first-order chi connectivity index (χ1) is 6.07. The standard InChI is InChI=1S/C9H12ClFN2/c1-5-2-3-6(10)8(9(5)11)7(13)4-12/h2-3,7H,4,12-13H2,1H3/t7-/m0/s1. The minimum Gasteiger partial charge on any atom is -0.329 e. The summed E-state index contributed by atoms with van der Waals surface area (Å²) in [6.07, 6.45) is 0. The fourth-order valence-corrected chi connectivity index (χ4v) is 1.42. The molecule has 0 radical (unpaired) electrons. The first-order valence-electron chi connectivity index (χ1n) is 3.98. The van der Waals surface area contributed by atoms with Crippen molar-refractivity contribution in [2.45, 2.75) is 13.0 Å². The molecule has 0 aliphatic heterocycles. The monoisotopic (exact) mass is 202 g/mol. The number of aryl methyl sites for hydroxylation is 1. The lowest BCUT2D eigenvalue weighted by Gasteiger charge is -2.13. The Hall–Kier alpha value is -0.640. The van der Waals surface area contributed by atoms with Crippen molar-refractivity contribution in [3.63, 3.8) is 0 Å². The first kappa shape index (κ1) is 10.4. The third kappa shape index (κ3) is 1.99. The molecule has 0 spiro atoms. The van der Waals surface area contributed by atoms with Crippen LogP contribution < -0.4 is 11.5 Å². The molecule has 0 saturated carbocycles. The van der Waals surface area contributed by atoms with Crippen LogP contribution in [-0.2, 0) is 0 Å². The highest BCUT2D eigenvalue weighted by Crippen LogP contribution is 2.26. The zero-order valence-corrected chi connectivity index (χ0v) is 8.11. The molecule has 0 saturated heterocycles. The molecule has 0 bridgehead atoms. The Bertz CT molecular complexity index is 315. The van der Waals surface area contributed by atoms with Gasteiger partial charge >= 0.3 is 0 Å². The van der Waals surface area contributed by atoms with E-state index >= 15 is 0 Å². The van der Waals surface area contributed by atoms with Gasteiger partial charge in [0.2, 0.25) is 0 Å². The van der Waals surface area contributed by atoms with Crippen molar-refractivity contribution in [1.82, 2.24) is 0 Å². The molecule has 1 rings (SSSR count). The highest BCUT2D eigenvalue weighted by molar-refractivity contribution is 6.31. The van der Waals surface area contributed by atoms with Crippen LogP contribution in [-0.4, -0.2) is 6.54 Å². The zero-order chi connectivity index (χ0) is 10.0. The third-order valence-electron chi connectivity index (χ3n) is 1.94. The number of rotatable bonds is 2. The van der Waals surface area contributed by atoms with E-state index in [1.807, 2.05) is 0 Å². The van der Waals surface area contributed by atoms with E-state index in [0.29, 0.717) is 16.1 Å². The summed E-state index contributed by atoms with van der Waals surface area (Å²) in [5.74, 6) is -0.356. The van der Waals surface area contributed by atoms with E-state index in [2.05, 4.69) is 0 Å². The first-order valence-corrected chi connectivity index (χ1v) is 4.36. The van der Waals surface area contributed by atoms with Crippen LogP contribution in [0, 0.1) is 12.7 Å². The van der Waals surface area contributed by atoms with Crippen LogP contribution >= 0.6 is 11.6 Å². The molecule has 4 N–H and O–H groups in total. The van der Waals surface area contributed by atoms with E-state index in [4.69, 9.17) is 23.1 Å². The molecule has 0 aromatic heterocycles. The van der Waals surface area contributed by atoms with Crippen LogP contribution in [0.2, 0.25) is 5.02 Å². The molecule has 0 aliphatic carbocycles. The van der Waals surface area contributed by atoms with E-state index in [-0.39, 0.29) is 12.4 Å². The molecule has 0 aliphatic rings. The molecular weight excluding hydrogens is 191 g/mol. The quantitative estimate of drug-likeness (QED) is 0.768. The van der Waals surface area contributed by atoms with Crippen molar-refractivity contribution >= 4 is 11.6 Å². The summed E-state index contributed by atoms with van der Waals surface area (Å²) in [5.41, 5.74) is 11.8. The van der Waals surface area contributed by atoms with Crippen LogP contribution in [0.15, 0.2) is 12.1 Å². The van der Waals surface area contributed by atoms with E-state index < -0.39 is 6.04 Å². The summed E-state index contributed by atoms with van der Waals surface area (Å²) in [7, 11) is 0. The molecule has 1 atom stereocenters. The lowest BCUT2D eigenvalue weighted by Crippen LogP contribution is -2.22. The lowest BCUT2D eigenvalue weighted by molar-refractivity contribution is 0.576. The largest absolute Gasteiger partial charge is 0.329 e. The van der Waals surface area contributed by atoms with Gasteiger partial charge in [0.25, 0.3) is 0 Å². The maximum absolute atomic E-state index is 13.5. The number of hydrogen-bond acceptors (Lipinski definition) is 2. The normalized spacial score (nSPS) is 13.0. The molecule has 13 heavy (non-hydrogen) atoms. The number of nitrogens with two attached hydrogens (primary N) is 2. The summed E-state index contributed by atoms with van der Waals surface area (Å²) < 4.78 is 13.5. The Labute approximate surface area is 81.7 Å². The molecule has 1 aromatic carbocycles. The number of hydrogen-bond donors (Lipinski definition) is 2. The fourth-order valence-electron chi connectivity index (χ4n) is 1.14. The van der Waals surface area contributed by atoms with Crippen molar-refractivity contribution in [3.05, 3.63) is 34.1 Å². The molecule has 1 aromatic rings. The van der Waals surface area contributed by atoms with Gasteiger partial charge in [-0.15, -0.1) is 0 Å². The van der Waals surface area contributed by atoms with Gasteiger partial charge in [-0.05, 0) is 18.6 Å². The second-order valence-electron chi connectivity index (χ2n) is 2.93. The Morgan fingerprint density at radius 1 is 1.54 bits per heavy atom. The van der Waals surface area contributed by atoms with Gasteiger partial charge in [-0.25, -0.2) is 4.39 Å². The van der Waals surface area contributed by atoms with Crippen LogP contribution in [0.3, 0.4) is 0 Å². The molecular formula is C9H12ClFN2. The van der Waals surface area contributed by atoms with E-state index in [1.165, 1.54) is 0 Å². The van der Waals surface area contributed by atoms with Gasteiger partial charge in [0.05, 0.1) is 0 Å². The van der Waals surface area contributed by atoms with Gasteiger partial charge in [-0.1, -0.05) is 17.7 Å². The average molecular weight is 203 g/mol. The topological polar surface area (TPSA) is 52.0 Å². The van der Waals surface area contributed by atoms with E-state index in [0.717, 1.165) is 0 Å². The van der Waals surface area contributed by atoms with Crippen molar-refractivity contribution < 1.29 is 4.39 Å². The van der Waals surface area contributed by atoms with Crippen LogP contribution in [0.4, 0.5) is 4.39 Å². The van der Waals surface area contributed by atoms with Crippen molar-refractivity contribution in [2.24, 2.45) is 11.5 Å². The fraction of sp³-hybridized carbons (Fsp3) is 0.333. The Balaban J connectivity index is 3.25. The smallest absolute Gasteiger partial charge is 0.132 e. The SMILES string of the molecule is Cc1ccc(Cl)c([C@@H](N)CN)c1F. The van der Waals surface area contributed by atoms with Crippen molar-refractivity contribution in [2.75, 3.05) is 6.54 Å². The third-order valence-corrected chi connectivity index (χ3v) is 2.27. The van der Waals surface area contributed by atoms with Crippen LogP contribution in [0.5, 0.6) is 0 Å². The minimum atomic E-state index is -0.535. The summed E-state index contributed by atoms with van der Waals surface area (Å²) in [6.45, 7) is 1.85. The predicted molar refractivity (Wildman–Crippen MR) is 52.1 cm³/mol. The summed E-state index contributed by atoms with van der Waals surface area (Å²) >= 11 is 5.80. The Morgan fingerprint density at radius 3 is 2.69 bits per heavy atom. The predicted octanol–water partition coefficient (Wildman–Crippen LogP) is 1.75. The van der Waals surface area contributed by atoms with Crippen molar-refractivity contribution in [1.29, 1.82) is 0 Å². The van der Waals surface area contributed by atoms with Gasteiger partial charge in [0.15, 0.2) is 0 Å². The van der Waals surface area contributed by atoms with Crippen molar-refractivity contribution in [3.8, 4) is 0 Å². The van der Waals surface area contributed by atoms with E-state index in [9.17, 15) is 4.39 Å². The lowest BCUT2D eigenvalue weighted by atomic mass is 10.0. The molecule has 72 valence electrons. The van der Waals surface area contributed by atoms with Crippen LogP contribution in [0.1, 0.15) is 17.2 Å². The average Bonchev–Trinajstić information content (AvgIpc) is 2.12. The van der Waals surface area contributed by atoms with Gasteiger partial charge in [0, 0.05) is 23.2 Å². The second kappa shape index (κ2) is 4.05. The Morgan fingerprint density at radius 2 is 2.15 bits per heavy atom. The summed E-state index contributed by atoms with van der Waals surface area (Å²) in [5, 5.41) is 0.334. The van der Waals surface area contributed by atoms with Gasteiger partial charge in [-0.3, -0.25) is 0 Å². The summed E-state index contributed by atoms with van der Waals surface area (Å²) in [4.78, 5) is 0. The molecule has 0 amide bonds. The molecule has 0 heterocycles. The second-order valence-corrected chi connectivity index (χ2v) is 3.34. The van der Waals surface area contributed by atoms with E-state index in [1.54, 1.807) is 19.1 Å². The zero-order valence-electron chi connectivity index (χ0n) is 7.35. The number of halogens is 2. The van der Waals surface area contributed by atoms with Gasteiger partial charge in [-0.2, -0.15) is 0 Å².